The van der Waals surface area contributed by atoms with E-state index in [-0.39, 0.29) is 0 Å². The van der Waals surface area contributed by atoms with Crippen LogP contribution in [0.1, 0.15) is 52.4 Å². The highest BCUT2D eigenvalue weighted by Crippen LogP contribution is 2.24. The summed E-state index contributed by atoms with van der Waals surface area (Å²) in [7, 11) is 4.36. The Morgan fingerprint density at radius 2 is 1.70 bits per heavy atom. The predicted molar refractivity (Wildman–Crippen MR) is 89.3 cm³/mol. The van der Waals surface area contributed by atoms with Crippen molar-refractivity contribution in [1.82, 2.24) is 15.1 Å². The highest BCUT2D eigenvalue weighted by molar-refractivity contribution is 4.82. The second kappa shape index (κ2) is 10.6. The quantitative estimate of drug-likeness (QED) is 0.657. The van der Waals surface area contributed by atoms with Crippen molar-refractivity contribution in [3.63, 3.8) is 0 Å². The van der Waals surface area contributed by atoms with Gasteiger partial charge in [0.2, 0.25) is 0 Å². The highest BCUT2D eigenvalue weighted by Gasteiger charge is 2.24. The van der Waals surface area contributed by atoms with Gasteiger partial charge < -0.3 is 15.1 Å². The summed E-state index contributed by atoms with van der Waals surface area (Å²) in [6, 6.07) is 0.751. The number of rotatable bonds is 9. The Kier molecular flexibility index (Phi) is 9.49. The maximum absolute atomic E-state index is 3.75. The van der Waals surface area contributed by atoms with Crippen LogP contribution in [-0.4, -0.2) is 62.7 Å². The van der Waals surface area contributed by atoms with Gasteiger partial charge in [0.25, 0.3) is 0 Å². The molecule has 1 rings (SSSR count). The molecule has 2 unspecified atom stereocenters. The largest absolute Gasteiger partial charge is 0.314 e. The monoisotopic (exact) mass is 283 g/mol. The van der Waals surface area contributed by atoms with Gasteiger partial charge in [-0.05, 0) is 52.4 Å². The van der Waals surface area contributed by atoms with Gasteiger partial charge in [-0.1, -0.05) is 33.1 Å². The number of hydrogen-bond donors (Lipinski definition) is 1. The Balaban J connectivity index is 2.52. The fraction of sp³-hybridized carbons (Fsp3) is 1.00. The fourth-order valence-corrected chi connectivity index (χ4v) is 3.42. The fourth-order valence-electron chi connectivity index (χ4n) is 3.42. The van der Waals surface area contributed by atoms with Gasteiger partial charge in [-0.3, -0.25) is 0 Å². The van der Waals surface area contributed by atoms with E-state index >= 15 is 0 Å². The summed E-state index contributed by atoms with van der Waals surface area (Å²) in [5.41, 5.74) is 0. The molecule has 1 fully saturated rings. The molecule has 1 aliphatic carbocycles. The van der Waals surface area contributed by atoms with Crippen molar-refractivity contribution >= 4 is 0 Å². The van der Waals surface area contributed by atoms with E-state index in [2.05, 4.69) is 43.1 Å². The summed E-state index contributed by atoms with van der Waals surface area (Å²) in [4.78, 5) is 5.00. The van der Waals surface area contributed by atoms with E-state index in [0.29, 0.717) is 0 Å². The van der Waals surface area contributed by atoms with Crippen LogP contribution in [-0.2, 0) is 0 Å². The van der Waals surface area contributed by atoms with Crippen LogP contribution >= 0.6 is 0 Å². The van der Waals surface area contributed by atoms with Gasteiger partial charge in [0.15, 0.2) is 0 Å². The molecule has 1 aliphatic rings. The molecule has 0 amide bonds. The molecular weight excluding hydrogens is 246 g/mol. The average Bonchev–Trinajstić information content (AvgIpc) is 2.63. The van der Waals surface area contributed by atoms with E-state index in [1.807, 2.05) is 0 Å². The summed E-state index contributed by atoms with van der Waals surface area (Å²) < 4.78 is 0. The molecule has 0 aromatic carbocycles. The predicted octanol–water partition coefficient (Wildman–Crippen LogP) is 2.82. The summed E-state index contributed by atoms with van der Waals surface area (Å²) in [6.45, 7) is 10.6. The second-order valence-electron chi connectivity index (χ2n) is 6.67. The summed E-state index contributed by atoms with van der Waals surface area (Å²) in [5.74, 6) is 0.853. The molecule has 0 aliphatic heterocycles. The molecule has 0 aromatic heterocycles. The van der Waals surface area contributed by atoms with Gasteiger partial charge >= 0.3 is 0 Å². The summed E-state index contributed by atoms with van der Waals surface area (Å²) >= 11 is 0. The zero-order valence-electron chi connectivity index (χ0n) is 14.3. The lowest BCUT2D eigenvalue weighted by atomic mass is 9.94. The molecule has 1 N–H and O–H groups in total. The molecule has 0 saturated heterocycles. The molecule has 20 heavy (non-hydrogen) atoms. The molecule has 3 heteroatoms. The van der Waals surface area contributed by atoms with Crippen molar-refractivity contribution in [2.75, 3.05) is 46.8 Å². The van der Waals surface area contributed by atoms with Crippen LogP contribution in [0.4, 0.5) is 0 Å². The maximum atomic E-state index is 3.75. The molecule has 3 nitrogen and oxygen atoms in total. The Morgan fingerprint density at radius 1 is 0.950 bits per heavy atom. The summed E-state index contributed by atoms with van der Waals surface area (Å²) in [6.07, 6.45) is 8.35. The first-order valence-electron chi connectivity index (χ1n) is 8.77. The van der Waals surface area contributed by atoms with E-state index < -0.39 is 0 Å². The first-order valence-corrected chi connectivity index (χ1v) is 8.77. The van der Waals surface area contributed by atoms with E-state index in [1.54, 1.807) is 0 Å². The van der Waals surface area contributed by atoms with Gasteiger partial charge in [0.1, 0.15) is 0 Å². The van der Waals surface area contributed by atoms with Crippen molar-refractivity contribution in [3.05, 3.63) is 0 Å². The third-order valence-corrected chi connectivity index (χ3v) is 4.52. The Labute approximate surface area is 127 Å². The highest BCUT2D eigenvalue weighted by atomic mass is 15.2. The maximum Gasteiger partial charge on any atom is 0.0109 e. The Hall–Kier alpha value is -0.120. The first-order chi connectivity index (χ1) is 9.67. The second-order valence-corrected chi connectivity index (χ2v) is 6.67. The van der Waals surface area contributed by atoms with Gasteiger partial charge in [0.05, 0.1) is 0 Å². The number of nitrogens with zero attached hydrogens (tertiary/aromatic N) is 2. The molecule has 120 valence electrons. The van der Waals surface area contributed by atoms with E-state index in [4.69, 9.17) is 0 Å². The Bertz CT molecular complexity index is 230. The number of nitrogens with one attached hydrogen (secondary N) is 1. The molecule has 2 atom stereocenters. The molecule has 0 aromatic rings. The molecule has 0 bridgehead atoms. The minimum absolute atomic E-state index is 0.751. The molecular formula is C17H37N3. The Morgan fingerprint density at radius 3 is 2.35 bits per heavy atom. The lowest BCUT2D eigenvalue weighted by Gasteiger charge is -2.32. The lowest BCUT2D eigenvalue weighted by molar-refractivity contribution is 0.180. The number of likely N-dealkylation sites (N-methyl/N-ethyl adjacent to an activating group) is 1. The van der Waals surface area contributed by atoms with Gasteiger partial charge in [-0.15, -0.1) is 0 Å². The SMILES string of the molecule is CCCN(CCN(C)C)CC1CCCCCC1NCC. The zero-order valence-corrected chi connectivity index (χ0v) is 14.3. The average molecular weight is 284 g/mol. The van der Waals surface area contributed by atoms with E-state index in [9.17, 15) is 0 Å². The third-order valence-electron chi connectivity index (χ3n) is 4.52. The van der Waals surface area contributed by atoms with Gasteiger partial charge in [-0.2, -0.15) is 0 Å². The van der Waals surface area contributed by atoms with Crippen molar-refractivity contribution in [2.24, 2.45) is 5.92 Å². The minimum atomic E-state index is 0.751. The van der Waals surface area contributed by atoms with Crippen molar-refractivity contribution in [1.29, 1.82) is 0 Å². The molecule has 1 saturated carbocycles. The standard InChI is InChI=1S/C17H37N3/c1-5-12-20(14-13-19(3)4)15-16-10-8-7-9-11-17(16)18-6-2/h16-18H,5-15H2,1-4H3. The van der Waals surface area contributed by atoms with Crippen molar-refractivity contribution < 1.29 is 0 Å². The van der Waals surface area contributed by atoms with Crippen LogP contribution in [0.15, 0.2) is 0 Å². The minimum Gasteiger partial charge on any atom is -0.314 e. The van der Waals surface area contributed by atoms with Crippen LogP contribution in [0.5, 0.6) is 0 Å². The van der Waals surface area contributed by atoms with Crippen LogP contribution in [0.3, 0.4) is 0 Å². The van der Waals surface area contributed by atoms with Crippen molar-refractivity contribution in [2.45, 2.75) is 58.4 Å². The third kappa shape index (κ3) is 7.05. The smallest absolute Gasteiger partial charge is 0.0109 e. The van der Waals surface area contributed by atoms with Crippen LogP contribution in [0.25, 0.3) is 0 Å². The summed E-state index contributed by atoms with van der Waals surface area (Å²) in [5, 5.41) is 3.75. The number of hydrogen-bond acceptors (Lipinski definition) is 3. The van der Waals surface area contributed by atoms with Gasteiger partial charge in [-0.25, -0.2) is 0 Å². The molecule has 0 spiro atoms. The lowest BCUT2D eigenvalue weighted by Crippen LogP contribution is -2.43. The van der Waals surface area contributed by atoms with Crippen LogP contribution < -0.4 is 5.32 Å². The van der Waals surface area contributed by atoms with Crippen molar-refractivity contribution in [3.8, 4) is 0 Å². The molecule has 0 radical (unpaired) electrons. The van der Waals surface area contributed by atoms with Crippen LogP contribution in [0.2, 0.25) is 0 Å². The van der Waals surface area contributed by atoms with Crippen LogP contribution in [0, 0.1) is 5.92 Å². The molecule has 0 heterocycles. The zero-order chi connectivity index (χ0) is 14.8. The normalized spacial score (nSPS) is 24.3. The van der Waals surface area contributed by atoms with E-state index in [1.165, 1.54) is 64.7 Å². The van der Waals surface area contributed by atoms with Gasteiger partial charge in [0, 0.05) is 25.7 Å². The van der Waals surface area contributed by atoms with E-state index in [0.717, 1.165) is 18.5 Å². The first kappa shape index (κ1) is 17.9. The topological polar surface area (TPSA) is 18.5 Å².